The first-order valence-corrected chi connectivity index (χ1v) is 9.69. The van der Waals surface area contributed by atoms with Crippen LogP contribution < -0.4 is 14.5 Å². The van der Waals surface area contributed by atoms with E-state index in [4.69, 9.17) is 4.74 Å². The van der Waals surface area contributed by atoms with E-state index >= 15 is 0 Å². The molecule has 2 fully saturated rings. The minimum Gasteiger partial charge on any atom is -0.496 e. The second-order valence-corrected chi connectivity index (χ2v) is 7.51. The van der Waals surface area contributed by atoms with Crippen molar-refractivity contribution in [1.29, 1.82) is 0 Å². The average Bonchev–Trinajstić information content (AvgIpc) is 3.30. The number of hydrogen-bond acceptors (Lipinski definition) is 2. The number of benzene rings is 3. The standard InChI is InChI=1S/C23H21FN2O2/c1-28-20-13-8-15-5-2-3-6-18(15)21(20)22-25-14-4-7-19(25)23(27)26(22)17-11-9-16(24)10-12-17/h2-3,5-6,8-13,19,22H,4,7,14H2,1H3/p+1/t19-,22-/m1/s1. The molecule has 1 amide bonds. The first-order valence-electron chi connectivity index (χ1n) is 9.69. The maximum Gasteiger partial charge on any atom is 0.290 e. The van der Waals surface area contributed by atoms with Gasteiger partial charge in [-0.15, -0.1) is 0 Å². The number of carbonyl (C=O) groups excluding carboxylic acids is 1. The quantitative estimate of drug-likeness (QED) is 0.761. The van der Waals surface area contributed by atoms with E-state index in [0.29, 0.717) is 0 Å². The van der Waals surface area contributed by atoms with Crippen molar-refractivity contribution in [3.8, 4) is 5.75 Å². The summed E-state index contributed by atoms with van der Waals surface area (Å²) in [6, 6.07) is 18.4. The van der Waals surface area contributed by atoms with Crippen LogP contribution in [-0.4, -0.2) is 25.6 Å². The summed E-state index contributed by atoms with van der Waals surface area (Å²) in [5.41, 5.74) is 1.76. The molecular formula is C23H22FN2O2+. The molecule has 3 atom stereocenters. The summed E-state index contributed by atoms with van der Waals surface area (Å²) in [5, 5.41) is 2.21. The number of ether oxygens (including phenoxy) is 1. The van der Waals surface area contributed by atoms with Gasteiger partial charge in [-0.05, 0) is 41.1 Å². The van der Waals surface area contributed by atoms with Crippen molar-refractivity contribution in [1.82, 2.24) is 0 Å². The Labute approximate surface area is 163 Å². The number of amides is 1. The van der Waals surface area contributed by atoms with Crippen LogP contribution in [0.15, 0.2) is 60.7 Å². The van der Waals surface area contributed by atoms with Crippen molar-refractivity contribution in [3.63, 3.8) is 0 Å². The van der Waals surface area contributed by atoms with Gasteiger partial charge in [-0.1, -0.05) is 30.3 Å². The zero-order valence-electron chi connectivity index (χ0n) is 15.7. The number of nitrogens with zero attached hydrogens (tertiary/aromatic N) is 1. The molecule has 0 bridgehead atoms. The summed E-state index contributed by atoms with van der Waals surface area (Å²) in [6.07, 6.45) is 1.73. The molecule has 2 aliphatic rings. The van der Waals surface area contributed by atoms with Gasteiger partial charge in [0.15, 0.2) is 6.04 Å². The van der Waals surface area contributed by atoms with Crippen LogP contribution in [0.4, 0.5) is 10.1 Å². The van der Waals surface area contributed by atoms with E-state index in [1.807, 2.05) is 29.2 Å². The highest BCUT2D eigenvalue weighted by Gasteiger charge is 2.54. The van der Waals surface area contributed by atoms with Crippen LogP contribution in [0.5, 0.6) is 5.75 Å². The molecular weight excluding hydrogens is 355 g/mol. The maximum absolute atomic E-state index is 13.5. The number of anilines is 1. The zero-order chi connectivity index (χ0) is 19.3. The van der Waals surface area contributed by atoms with Crippen molar-refractivity contribution in [3.05, 3.63) is 72.0 Å². The fourth-order valence-electron chi connectivity index (χ4n) is 4.87. The molecule has 0 saturated carbocycles. The molecule has 5 heteroatoms. The summed E-state index contributed by atoms with van der Waals surface area (Å²) >= 11 is 0. The van der Waals surface area contributed by atoms with Crippen molar-refractivity contribution in [2.75, 3.05) is 18.6 Å². The Balaban J connectivity index is 1.75. The van der Waals surface area contributed by atoms with E-state index in [9.17, 15) is 9.18 Å². The van der Waals surface area contributed by atoms with Crippen molar-refractivity contribution >= 4 is 22.4 Å². The minimum atomic E-state index is -0.303. The first kappa shape index (κ1) is 17.2. The largest absolute Gasteiger partial charge is 0.496 e. The molecule has 28 heavy (non-hydrogen) atoms. The molecule has 2 heterocycles. The van der Waals surface area contributed by atoms with E-state index in [0.717, 1.165) is 47.2 Å². The van der Waals surface area contributed by atoms with Crippen LogP contribution in [-0.2, 0) is 4.79 Å². The fourth-order valence-corrected chi connectivity index (χ4v) is 4.87. The average molecular weight is 377 g/mol. The number of hydrogen-bond donors (Lipinski definition) is 1. The van der Waals surface area contributed by atoms with Gasteiger partial charge in [0.25, 0.3) is 5.91 Å². The Kier molecular flexibility index (Phi) is 4.05. The summed E-state index contributed by atoms with van der Waals surface area (Å²) in [4.78, 5) is 16.5. The second kappa shape index (κ2) is 6.60. The Bertz CT molecular complexity index is 1050. The SMILES string of the molecule is COc1ccc2ccccc2c1[C@H]1N(c2ccc(F)cc2)C(=O)[C@H]2CCC[NH+]21. The van der Waals surface area contributed by atoms with Crippen molar-refractivity contribution < 1.29 is 18.8 Å². The van der Waals surface area contributed by atoms with Gasteiger partial charge in [-0.3, -0.25) is 9.69 Å². The van der Waals surface area contributed by atoms with Gasteiger partial charge in [0, 0.05) is 12.8 Å². The number of halogens is 1. The van der Waals surface area contributed by atoms with Crippen molar-refractivity contribution in [2.45, 2.75) is 25.0 Å². The smallest absolute Gasteiger partial charge is 0.290 e. The molecule has 2 saturated heterocycles. The van der Waals surface area contributed by atoms with E-state index in [1.165, 1.54) is 17.0 Å². The molecule has 1 N–H and O–H groups in total. The van der Waals surface area contributed by atoms with Crippen LogP contribution in [0.25, 0.3) is 10.8 Å². The molecule has 2 aliphatic heterocycles. The summed E-state index contributed by atoms with van der Waals surface area (Å²) < 4.78 is 19.3. The topological polar surface area (TPSA) is 34.0 Å². The van der Waals surface area contributed by atoms with Crippen LogP contribution in [0.3, 0.4) is 0 Å². The molecule has 1 unspecified atom stereocenters. The molecule has 3 aromatic carbocycles. The van der Waals surface area contributed by atoms with Crippen LogP contribution in [0.2, 0.25) is 0 Å². The lowest BCUT2D eigenvalue weighted by Gasteiger charge is -2.28. The van der Waals surface area contributed by atoms with E-state index < -0.39 is 0 Å². The van der Waals surface area contributed by atoms with Gasteiger partial charge in [0.1, 0.15) is 11.6 Å². The summed E-state index contributed by atoms with van der Waals surface area (Å²) in [7, 11) is 1.67. The van der Waals surface area contributed by atoms with E-state index in [-0.39, 0.29) is 23.9 Å². The van der Waals surface area contributed by atoms with Gasteiger partial charge >= 0.3 is 0 Å². The number of quaternary nitrogens is 1. The summed E-state index contributed by atoms with van der Waals surface area (Å²) in [6.45, 7) is 0.936. The third-order valence-electron chi connectivity index (χ3n) is 6.08. The third kappa shape index (κ3) is 2.50. The molecule has 4 nitrogen and oxygen atoms in total. The number of methoxy groups -OCH3 is 1. The number of fused-ring (bicyclic) bond motifs is 2. The molecule has 0 aromatic heterocycles. The normalized spacial score (nSPS) is 24.0. The highest BCUT2D eigenvalue weighted by molar-refractivity contribution is 6.00. The monoisotopic (exact) mass is 377 g/mol. The predicted octanol–water partition coefficient (Wildman–Crippen LogP) is 3.08. The van der Waals surface area contributed by atoms with Crippen LogP contribution in [0.1, 0.15) is 24.6 Å². The minimum absolute atomic E-state index is 0.0567. The zero-order valence-corrected chi connectivity index (χ0v) is 15.7. The Morgan fingerprint density at radius 1 is 1.07 bits per heavy atom. The Morgan fingerprint density at radius 3 is 2.64 bits per heavy atom. The molecule has 3 aromatic rings. The molecule has 0 spiro atoms. The lowest BCUT2D eigenvalue weighted by Crippen LogP contribution is -3.12. The van der Waals surface area contributed by atoms with Gasteiger partial charge in [0.05, 0.1) is 24.9 Å². The number of carbonyl (C=O) groups is 1. The lowest BCUT2D eigenvalue weighted by atomic mass is 10.00. The Morgan fingerprint density at radius 2 is 1.86 bits per heavy atom. The predicted molar refractivity (Wildman–Crippen MR) is 106 cm³/mol. The van der Waals surface area contributed by atoms with Crippen LogP contribution >= 0.6 is 0 Å². The molecule has 142 valence electrons. The fraction of sp³-hybridized carbons (Fsp3) is 0.261. The molecule has 5 rings (SSSR count). The van der Waals surface area contributed by atoms with Gasteiger partial charge < -0.3 is 9.64 Å². The van der Waals surface area contributed by atoms with Gasteiger partial charge in [-0.2, -0.15) is 0 Å². The maximum atomic E-state index is 13.5. The van der Waals surface area contributed by atoms with Crippen molar-refractivity contribution in [2.24, 2.45) is 0 Å². The second-order valence-electron chi connectivity index (χ2n) is 7.51. The van der Waals surface area contributed by atoms with E-state index in [2.05, 4.69) is 12.1 Å². The number of nitrogens with one attached hydrogen (secondary N) is 1. The third-order valence-corrected chi connectivity index (χ3v) is 6.08. The summed E-state index contributed by atoms with van der Waals surface area (Å²) in [5.74, 6) is 0.588. The highest BCUT2D eigenvalue weighted by atomic mass is 19.1. The highest BCUT2D eigenvalue weighted by Crippen LogP contribution is 2.39. The first-order chi connectivity index (χ1) is 13.7. The molecule has 0 aliphatic carbocycles. The van der Waals surface area contributed by atoms with Gasteiger partial charge in [0.2, 0.25) is 6.17 Å². The molecule has 0 radical (unpaired) electrons. The van der Waals surface area contributed by atoms with Crippen LogP contribution in [0, 0.1) is 5.82 Å². The van der Waals surface area contributed by atoms with Gasteiger partial charge in [-0.25, -0.2) is 4.39 Å². The number of rotatable bonds is 3. The lowest BCUT2D eigenvalue weighted by molar-refractivity contribution is -0.924. The van der Waals surface area contributed by atoms with E-state index in [1.54, 1.807) is 19.2 Å². The Hall–Kier alpha value is -2.92.